The van der Waals surface area contributed by atoms with Crippen molar-refractivity contribution in [3.63, 3.8) is 0 Å². The molecule has 2 aliphatic rings. The molecule has 2 saturated heterocycles. The quantitative estimate of drug-likeness (QED) is 0.438. The molecule has 0 unspecified atom stereocenters. The van der Waals surface area contributed by atoms with E-state index in [0.29, 0.717) is 13.1 Å². The summed E-state index contributed by atoms with van der Waals surface area (Å²) in [5.41, 5.74) is 3.90. The number of benzene rings is 2. The van der Waals surface area contributed by atoms with Crippen LogP contribution >= 0.6 is 0 Å². The molecule has 0 atom stereocenters. The number of rotatable bonds is 6. The summed E-state index contributed by atoms with van der Waals surface area (Å²) >= 11 is 0. The molecule has 0 spiro atoms. The lowest BCUT2D eigenvalue weighted by Gasteiger charge is -2.42. The first-order valence-corrected chi connectivity index (χ1v) is 12.7. The molecule has 2 aliphatic heterocycles. The van der Waals surface area contributed by atoms with Crippen molar-refractivity contribution in [1.29, 1.82) is 0 Å². The highest BCUT2D eigenvalue weighted by Gasteiger charge is 2.54. The topological polar surface area (TPSA) is 108 Å². The van der Waals surface area contributed by atoms with Crippen molar-refractivity contribution in [2.75, 3.05) is 44.3 Å². The number of halogens is 3. The molecule has 2 heterocycles. The number of carbonyl (C=O) groups excluding carboxylic acids is 1. The molecule has 2 aromatic rings. The normalized spacial score (nSPS) is 19.1. The van der Waals surface area contributed by atoms with Gasteiger partial charge in [-0.1, -0.05) is 24.3 Å². The minimum absolute atomic E-state index is 0.0350. The highest BCUT2D eigenvalue weighted by atomic mass is 32.2. The Bertz CT molecular complexity index is 1160. The predicted molar refractivity (Wildman–Crippen MR) is 124 cm³/mol. The van der Waals surface area contributed by atoms with Gasteiger partial charge in [-0.25, -0.2) is 13.9 Å². The number of amides is 1. The summed E-state index contributed by atoms with van der Waals surface area (Å²) in [5.74, 6) is -1.24. The summed E-state index contributed by atoms with van der Waals surface area (Å²) < 4.78 is 72.5. The molecule has 0 aromatic heterocycles. The fraction of sp³-hybridized carbons (Fsp3) is 0.435. The van der Waals surface area contributed by atoms with Crippen molar-refractivity contribution in [1.82, 2.24) is 9.79 Å². The number of anilines is 1. The third-order valence-corrected chi connectivity index (χ3v) is 9.17. The van der Waals surface area contributed by atoms with Gasteiger partial charge in [0.2, 0.25) is 10.0 Å². The van der Waals surface area contributed by atoms with Gasteiger partial charge in [-0.15, -0.1) is 13.2 Å². The Morgan fingerprint density at radius 3 is 1.97 bits per heavy atom. The molecule has 2 aromatic carbocycles. The van der Waals surface area contributed by atoms with Crippen LogP contribution in [0.3, 0.4) is 0 Å². The van der Waals surface area contributed by atoms with Gasteiger partial charge in [0.1, 0.15) is 5.75 Å². The van der Waals surface area contributed by atoms with Crippen molar-refractivity contribution in [2.24, 2.45) is 0 Å². The van der Waals surface area contributed by atoms with Crippen molar-refractivity contribution < 1.29 is 41.1 Å². The van der Waals surface area contributed by atoms with Crippen LogP contribution < -0.4 is 15.1 Å². The molecule has 36 heavy (non-hydrogen) atoms. The zero-order chi connectivity index (χ0) is 26.0. The van der Waals surface area contributed by atoms with E-state index in [9.17, 15) is 31.6 Å². The fourth-order valence-electron chi connectivity index (χ4n) is 4.55. The second kappa shape index (κ2) is 10.2. The van der Waals surface area contributed by atoms with E-state index in [2.05, 4.69) is 4.74 Å². The molecule has 0 radical (unpaired) electrons. The Morgan fingerprint density at radius 2 is 1.47 bits per heavy atom. The second-order valence-corrected chi connectivity index (χ2v) is 10.8. The first-order chi connectivity index (χ1) is 17.1. The van der Waals surface area contributed by atoms with Gasteiger partial charge in [0.05, 0.1) is 0 Å². The summed E-state index contributed by atoms with van der Waals surface area (Å²) in [6.45, 7) is 1.36. The number of piperazine rings is 1. The van der Waals surface area contributed by atoms with Gasteiger partial charge in [-0.3, -0.25) is 10.0 Å². The average molecular weight is 530 g/mol. The first-order valence-electron chi connectivity index (χ1n) is 11.3. The van der Waals surface area contributed by atoms with Gasteiger partial charge < -0.3 is 14.4 Å². The molecule has 0 aliphatic carbocycles. The highest BCUT2D eigenvalue weighted by molar-refractivity contribution is 7.91. The lowest BCUT2D eigenvalue weighted by Crippen LogP contribution is -2.62. The predicted octanol–water partition coefficient (Wildman–Crippen LogP) is 2.76. The zero-order valence-electron chi connectivity index (χ0n) is 19.2. The largest absolute Gasteiger partial charge is 0.573 e. The van der Waals surface area contributed by atoms with Crippen molar-refractivity contribution in [2.45, 2.75) is 24.0 Å². The summed E-state index contributed by atoms with van der Waals surface area (Å²) in [4.78, 5) is 14.4. The van der Waals surface area contributed by atoms with E-state index in [0.717, 1.165) is 16.8 Å². The van der Waals surface area contributed by atoms with Gasteiger partial charge in [0.15, 0.2) is 4.75 Å². The molecule has 196 valence electrons. The Labute approximate surface area is 206 Å². The maximum atomic E-state index is 13.4. The first kappa shape index (κ1) is 26.2. The van der Waals surface area contributed by atoms with Crippen LogP contribution in [0.5, 0.6) is 5.75 Å². The number of hydroxylamine groups is 1. The summed E-state index contributed by atoms with van der Waals surface area (Å²) in [6.07, 6.45) is -4.82. The smallest absolute Gasteiger partial charge is 0.406 e. The summed E-state index contributed by atoms with van der Waals surface area (Å²) in [5, 5.41) is 9.18. The second-order valence-electron chi connectivity index (χ2n) is 8.56. The van der Waals surface area contributed by atoms with E-state index < -0.39 is 27.0 Å². The molecular weight excluding hydrogens is 503 g/mol. The summed E-state index contributed by atoms with van der Waals surface area (Å²) in [7, 11) is -4.05. The number of hydrogen-bond acceptors (Lipinski definition) is 7. The Morgan fingerprint density at radius 1 is 0.944 bits per heavy atom. The standard InChI is InChI=1S/C23H26F3N3O6S/c24-23(25,26)35-20-7-3-18(4-8-20)17-1-5-19(6-2-17)28-11-13-29(14-12-28)36(32,33)22(21(30)27-31)9-15-34-16-10-22/h1-8,31H,9-16H2,(H,27,30). The minimum Gasteiger partial charge on any atom is -0.406 e. The third kappa shape index (κ3) is 5.28. The maximum Gasteiger partial charge on any atom is 0.573 e. The highest BCUT2D eigenvalue weighted by Crippen LogP contribution is 2.34. The zero-order valence-corrected chi connectivity index (χ0v) is 20.0. The number of nitrogens with zero attached hydrogens (tertiary/aromatic N) is 2. The van der Waals surface area contributed by atoms with E-state index in [1.165, 1.54) is 34.1 Å². The molecular formula is C23H26F3N3O6S. The molecule has 4 rings (SSSR count). The van der Waals surface area contributed by atoms with Crippen LogP contribution in [0.15, 0.2) is 48.5 Å². The number of hydrogen-bond donors (Lipinski definition) is 2. The van der Waals surface area contributed by atoms with Gasteiger partial charge in [0.25, 0.3) is 5.91 Å². The number of ether oxygens (including phenoxy) is 2. The molecule has 0 saturated carbocycles. The van der Waals surface area contributed by atoms with Crippen molar-refractivity contribution in [3.8, 4) is 16.9 Å². The van der Waals surface area contributed by atoms with Gasteiger partial charge in [-0.2, -0.15) is 4.31 Å². The van der Waals surface area contributed by atoms with Gasteiger partial charge >= 0.3 is 6.36 Å². The Hall–Kier alpha value is -2.87. The van der Waals surface area contributed by atoms with Crippen LogP contribution in [0, 0.1) is 0 Å². The van der Waals surface area contributed by atoms with Crippen LogP contribution in [0.2, 0.25) is 0 Å². The maximum absolute atomic E-state index is 13.4. The van der Waals surface area contributed by atoms with Crippen LogP contribution in [0.1, 0.15) is 12.8 Å². The van der Waals surface area contributed by atoms with Crippen LogP contribution in [0.4, 0.5) is 18.9 Å². The average Bonchev–Trinajstić information content (AvgIpc) is 2.88. The van der Waals surface area contributed by atoms with Crippen molar-refractivity contribution in [3.05, 3.63) is 48.5 Å². The monoisotopic (exact) mass is 529 g/mol. The van der Waals surface area contributed by atoms with Crippen LogP contribution in [0.25, 0.3) is 11.1 Å². The molecule has 2 fully saturated rings. The third-order valence-electron chi connectivity index (χ3n) is 6.54. The van der Waals surface area contributed by atoms with Crippen molar-refractivity contribution >= 4 is 21.6 Å². The van der Waals surface area contributed by atoms with E-state index >= 15 is 0 Å². The Kier molecular flexibility index (Phi) is 7.46. The molecule has 1 amide bonds. The molecule has 13 heteroatoms. The molecule has 0 bridgehead atoms. The number of nitrogens with one attached hydrogen (secondary N) is 1. The molecule has 2 N–H and O–H groups in total. The lowest BCUT2D eigenvalue weighted by molar-refractivity contribution is -0.274. The lowest BCUT2D eigenvalue weighted by atomic mass is 9.98. The fourth-order valence-corrected chi connectivity index (χ4v) is 6.65. The van der Waals surface area contributed by atoms with E-state index in [1.54, 1.807) is 0 Å². The number of alkyl halides is 3. The van der Waals surface area contributed by atoms with Crippen LogP contribution in [-0.2, 0) is 19.6 Å². The van der Waals surface area contributed by atoms with Gasteiger partial charge in [-0.05, 0) is 35.4 Å². The Balaban J connectivity index is 1.41. The van der Waals surface area contributed by atoms with Gasteiger partial charge in [0, 0.05) is 57.9 Å². The van der Waals surface area contributed by atoms with E-state index in [4.69, 9.17) is 4.74 Å². The van der Waals surface area contributed by atoms with E-state index in [-0.39, 0.29) is 44.9 Å². The van der Waals surface area contributed by atoms with Crippen LogP contribution in [-0.4, -0.2) is 74.3 Å². The SMILES string of the molecule is O=C(NO)C1(S(=O)(=O)N2CCN(c3ccc(-c4ccc(OC(F)(F)F)cc4)cc3)CC2)CCOCC1. The number of sulfonamides is 1. The molecule has 9 nitrogen and oxygen atoms in total. The summed E-state index contributed by atoms with van der Waals surface area (Å²) in [6, 6.07) is 13.0. The van der Waals surface area contributed by atoms with E-state index in [1.807, 2.05) is 29.2 Å². The number of carbonyl (C=O) groups is 1. The minimum atomic E-state index is -4.75.